The van der Waals surface area contributed by atoms with Gasteiger partial charge in [0.25, 0.3) is 5.91 Å². The van der Waals surface area contributed by atoms with E-state index in [-0.39, 0.29) is 5.91 Å². The molecular formula is C31H31N5O4. The third-order valence-corrected chi connectivity index (χ3v) is 7.27. The van der Waals surface area contributed by atoms with Gasteiger partial charge in [0.1, 0.15) is 28.6 Å². The molecule has 0 atom stereocenters. The molecule has 1 aliphatic heterocycles. The Kier molecular flexibility index (Phi) is 7.09. The maximum atomic E-state index is 14.0. The third-order valence-electron chi connectivity index (χ3n) is 7.27. The van der Waals surface area contributed by atoms with E-state index in [2.05, 4.69) is 16.1 Å². The van der Waals surface area contributed by atoms with Crippen molar-refractivity contribution in [2.45, 2.75) is 25.9 Å². The summed E-state index contributed by atoms with van der Waals surface area (Å²) in [6.07, 6.45) is 7.43. The van der Waals surface area contributed by atoms with Crippen LogP contribution in [-0.4, -0.2) is 52.9 Å². The Morgan fingerprint density at radius 2 is 1.75 bits per heavy atom. The van der Waals surface area contributed by atoms with Crippen molar-refractivity contribution in [3.63, 3.8) is 0 Å². The summed E-state index contributed by atoms with van der Waals surface area (Å²) in [4.78, 5) is 23.2. The van der Waals surface area contributed by atoms with Gasteiger partial charge in [0, 0.05) is 42.0 Å². The van der Waals surface area contributed by atoms with E-state index in [9.17, 15) is 4.79 Å². The number of furan rings is 1. The van der Waals surface area contributed by atoms with E-state index in [0.717, 1.165) is 53.9 Å². The second-order valence-electron chi connectivity index (χ2n) is 9.77. The zero-order valence-electron chi connectivity index (χ0n) is 22.6. The van der Waals surface area contributed by atoms with Crippen LogP contribution in [0.2, 0.25) is 0 Å². The molecule has 1 aliphatic rings. The Balaban J connectivity index is 1.41. The Morgan fingerprint density at radius 3 is 2.42 bits per heavy atom. The number of ether oxygens (including phenoxy) is 2. The van der Waals surface area contributed by atoms with Crippen LogP contribution in [0.1, 0.15) is 34.5 Å². The molecule has 2 aromatic carbocycles. The molecule has 4 heterocycles. The van der Waals surface area contributed by atoms with Crippen molar-refractivity contribution < 1.29 is 18.7 Å². The van der Waals surface area contributed by atoms with Crippen LogP contribution in [0.3, 0.4) is 0 Å². The summed E-state index contributed by atoms with van der Waals surface area (Å²) in [7, 11) is 3.29. The lowest BCUT2D eigenvalue weighted by Gasteiger charge is -2.27. The number of anilines is 1. The average molecular weight is 538 g/mol. The highest BCUT2D eigenvalue weighted by Gasteiger charge is 2.25. The van der Waals surface area contributed by atoms with Gasteiger partial charge in [0.2, 0.25) is 0 Å². The van der Waals surface area contributed by atoms with E-state index in [1.54, 1.807) is 36.3 Å². The maximum absolute atomic E-state index is 14.0. The Morgan fingerprint density at radius 1 is 0.975 bits per heavy atom. The maximum Gasteiger partial charge on any atom is 0.254 e. The van der Waals surface area contributed by atoms with Crippen LogP contribution in [0.5, 0.6) is 11.5 Å². The number of benzene rings is 2. The third kappa shape index (κ3) is 4.98. The predicted octanol–water partition coefficient (Wildman–Crippen LogP) is 5.47. The number of fused-ring (bicyclic) bond motifs is 1. The van der Waals surface area contributed by atoms with Crippen molar-refractivity contribution in [3.8, 4) is 17.2 Å². The molecule has 40 heavy (non-hydrogen) atoms. The summed E-state index contributed by atoms with van der Waals surface area (Å²) in [6.45, 7) is 2.49. The largest absolute Gasteiger partial charge is 0.496 e. The van der Waals surface area contributed by atoms with Crippen LogP contribution in [0, 0.1) is 0 Å². The molecule has 5 aromatic rings. The summed E-state index contributed by atoms with van der Waals surface area (Å²) in [5.74, 6) is 2.85. The number of aromatic nitrogens is 3. The van der Waals surface area contributed by atoms with Gasteiger partial charge < -0.3 is 23.7 Å². The molecule has 0 bridgehead atoms. The number of nitrogens with zero attached hydrogens (tertiary/aromatic N) is 5. The number of carbonyl (C=O) groups is 1. The highest BCUT2D eigenvalue weighted by atomic mass is 16.5. The number of hydrogen-bond donors (Lipinski definition) is 0. The Bertz CT molecular complexity index is 1590. The fourth-order valence-corrected chi connectivity index (χ4v) is 5.26. The number of pyridine rings is 1. The number of rotatable bonds is 9. The molecule has 6 rings (SSSR count). The highest BCUT2D eigenvalue weighted by Crippen LogP contribution is 2.37. The molecule has 0 spiro atoms. The van der Waals surface area contributed by atoms with Crippen molar-refractivity contribution in [2.24, 2.45) is 0 Å². The quantitative estimate of drug-likeness (QED) is 0.246. The Hall–Kier alpha value is -4.79. The normalized spacial score (nSPS) is 13.1. The smallest absolute Gasteiger partial charge is 0.254 e. The monoisotopic (exact) mass is 537 g/mol. The van der Waals surface area contributed by atoms with E-state index in [1.165, 1.54) is 0 Å². The van der Waals surface area contributed by atoms with Crippen LogP contribution >= 0.6 is 0 Å². The molecule has 1 fully saturated rings. The molecule has 0 saturated carbocycles. The SMILES string of the molecule is COc1ccc(OC)c2nc(N3CCCC3)c(CN(Cc3ccco3)C(=O)c3ccc(-n4cccn4)cc3)cc12. The molecule has 0 unspecified atom stereocenters. The van der Waals surface area contributed by atoms with E-state index in [1.807, 2.05) is 60.8 Å². The van der Waals surface area contributed by atoms with Crippen molar-refractivity contribution in [1.29, 1.82) is 0 Å². The summed E-state index contributed by atoms with van der Waals surface area (Å²) in [5.41, 5.74) is 3.15. The average Bonchev–Trinajstić information content (AvgIpc) is 3.80. The van der Waals surface area contributed by atoms with Crippen LogP contribution in [0.15, 0.2) is 83.7 Å². The second-order valence-corrected chi connectivity index (χ2v) is 9.77. The summed E-state index contributed by atoms with van der Waals surface area (Å²) in [6, 6.07) is 18.9. The molecule has 1 saturated heterocycles. The zero-order chi connectivity index (χ0) is 27.5. The topological polar surface area (TPSA) is 85.9 Å². The predicted molar refractivity (Wildman–Crippen MR) is 152 cm³/mol. The van der Waals surface area contributed by atoms with Crippen molar-refractivity contribution in [2.75, 3.05) is 32.2 Å². The van der Waals surface area contributed by atoms with E-state index >= 15 is 0 Å². The summed E-state index contributed by atoms with van der Waals surface area (Å²) < 4.78 is 18.8. The molecule has 9 nitrogen and oxygen atoms in total. The Labute approximate surface area is 232 Å². The van der Waals surface area contributed by atoms with Crippen LogP contribution in [-0.2, 0) is 13.1 Å². The van der Waals surface area contributed by atoms with Gasteiger partial charge >= 0.3 is 0 Å². The van der Waals surface area contributed by atoms with E-state index in [4.69, 9.17) is 18.9 Å². The van der Waals surface area contributed by atoms with Gasteiger partial charge in [-0.25, -0.2) is 9.67 Å². The molecular weight excluding hydrogens is 506 g/mol. The van der Waals surface area contributed by atoms with Crippen LogP contribution in [0.4, 0.5) is 5.82 Å². The van der Waals surface area contributed by atoms with Crippen molar-refractivity contribution in [1.82, 2.24) is 19.7 Å². The minimum absolute atomic E-state index is 0.103. The van der Waals surface area contributed by atoms with Gasteiger partial charge in [-0.2, -0.15) is 5.10 Å². The van der Waals surface area contributed by atoms with Gasteiger partial charge in [-0.15, -0.1) is 0 Å². The van der Waals surface area contributed by atoms with E-state index in [0.29, 0.717) is 35.9 Å². The number of hydrogen-bond acceptors (Lipinski definition) is 7. The molecule has 204 valence electrons. The first kappa shape index (κ1) is 25.5. The molecule has 9 heteroatoms. The number of methoxy groups -OCH3 is 2. The van der Waals surface area contributed by atoms with Crippen LogP contribution < -0.4 is 14.4 Å². The summed E-state index contributed by atoms with van der Waals surface area (Å²) in [5, 5.41) is 5.12. The van der Waals surface area contributed by atoms with E-state index < -0.39 is 0 Å². The number of amides is 1. The first-order chi connectivity index (χ1) is 19.6. The lowest BCUT2D eigenvalue weighted by Crippen LogP contribution is -2.31. The van der Waals surface area contributed by atoms with Crippen molar-refractivity contribution in [3.05, 3.63) is 96.2 Å². The molecule has 0 radical (unpaired) electrons. The number of carbonyl (C=O) groups excluding carboxylic acids is 1. The lowest BCUT2D eigenvalue weighted by atomic mass is 10.1. The van der Waals surface area contributed by atoms with Gasteiger partial charge in [-0.1, -0.05) is 0 Å². The summed E-state index contributed by atoms with van der Waals surface area (Å²) >= 11 is 0. The fraction of sp³-hybridized carbons (Fsp3) is 0.258. The minimum Gasteiger partial charge on any atom is -0.496 e. The first-order valence-corrected chi connectivity index (χ1v) is 13.4. The standard InChI is InChI=1S/C31H31N5O4/c1-38-27-12-13-28(39-2)29-26(27)19-23(30(33-29)34-15-3-4-16-34)20-35(21-25-7-5-18-40-25)31(37)22-8-10-24(11-9-22)36-17-6-14-32-36/h5-14,17-19H,3-4,15-16,20-21H2,1-2H3. The van der Waals surface area contributed by atoms with Gasteiger partial charge in [0.05, 0.1) is 39.3 Å². The van der Waals surface area contributed by atoms with Gasteiger partial charge in [-0.3, -0.25) is 4.79 Å². The van der Waals surface area contributed by atoms with Crippen molar-refractivity contribution >= 4 is 22.6 Å². The first-order valence-electron chi connectivity index (χ1n) is 13.4. The zero-order valence-corrected chi connectivity index (χ0v) is 22.6. The minimum atomic E-state index is -0.103. The fourth-order valence-electron chi connectivity index (χ4n) is 5.26. The van der Waals surface area contributed by atoms with Gasteiger partial charge in [0.15, 0.2) is 0 Å². The molecule has 0 aliphatic carbocycles. The molecule has 1 amide bonds. The highest BCUT2D eigenvalue weighted by molar-refractivity contribution is 5.95. The second kappa shape index (κ2) is 11.1. The molecule has 3 aromatic heterocycles. The molecule has 0 N–H and O–H groups in total. The van der Waals surface area contributed by atoms with Gasteiger partial charge in [-0.05, 0) is 73.5 Å². The lowest BCUT2D eigenvalue weighted by molar-refractivity contribution is 0.0718. The van der Waals surface area contributed by atoms with Crippen LogP contribution in [0.25, 0.3) is 16.6 Å².